The lowest BCUT2D eigenvalue weighted by Crippen LogP contribution is -2.44. The molecule has 164 valence electrons. The molecule has 2 fully saturated rings. The number of hydrogen-bond acceptors (Lipinski definition) is 6. The van der Waals surface area contributed by atoms with E-state index in [-0.39, 0.29) is 5.91 Å². The molecule has 0 radical (unpaired) electrons. The molecule has 1 unspecified atom stereocenters. The number of carbonyl (C=O) groups excluding carboxylic acids is 1. The topological polar surface area (TPSA) is 64.6 Å². The van der Waals surface area contributed by atoms with Crippen LogP contribution in [-0.2, 0) is 0 Å². The van der Waals surface area contributed by atoms with Crippen LogP contribution in [0, 0.1) is 5.92 Å². The number of nitrogens with zero attached hydrogens (tertiary/aromatic N) is 5. The summed E-state index contributed by atoms with van der Waals surface area (Å²) in [5, 5.41) is 3.19. The Labute approximate surface area is 184 Å². The molecule has 1 N–H and O–H groups in total. The van der Waals surface area contributed by atoms with Crippen molar-refractivity contribution in [2.75, 3.05) is 54.4 Å². The molecule has 1 amide bonds. The van der Waals surface area contributed by atoms with Gasteiger partial charge in [-0.05, 0) is 50.7 Å². The summed E-state index contributed by atoms with van der Waals surface area (Å²) in [4.78, 5) is 29.5. The Morgan fingerprint density at radius 3 is 2.68 bits per heavy atom. The van der Waals surface area contributed by atoms with E-state index in [4.69, 9.17) is 4.98 Å². The lowest BCUT2D eigenvalue weighted by molar-refractivity contribution is 0.0716. The molecule has 7 nitrogen and oxygen atoms in total. The molecule has 0 saturated carbocycles. The van der Waals surface area contributed by atoms with Gasteiger partial charge in [-0.15, -0.1) is 0 Å². The van der Waals surface area contributed by atoms with E-state index in [0.717, 1.165) is 70.8 Å². The van der Waals surface area contributed by atoms with Crippen molar-refractivity contribution in [2.24, 2.45) is 5.92 Å². The molecule has 1 aromatic carbocycles. The summed E-state index contributed by atoms with van der Waals surface area (Å²) in [6.07, 6.45) is 6.25. The fourth-order valence-corrected chi connectivity index (χ4v) is 5.28. The standard InChI is InChI=1S/C24H32N6O/c1-2-25-24-26-15-21-22(27-24)30-12-6-9-20(30)17-29(23(21)31)16-18-10-13-28(14-11-18)19-7-4-3-5-8-19/h3-5,7-8,15,18,20H,2,6,9-14,16-17H2,1H3,(H,25,26,27). The predicted molar refractivity (Wildman–Crippen MR) is 124 cm³/mol. The van der Waals surface area contributed by atoms with E-state index in [0.29, 0.717) is 23.5 Å². The maximum atomic E-state index is 13.5. The molecule has 4 heterocycles. The number of nitrogens with one attached hydrogen (secondary N) is 1. The third kappa shape index (κ3) is 4.05. The first-order valence-electron chi connectivity index (χ1n) is 11.7. The molecular weight excluding hydrogens is 388 g/mol. The maximum Gasteiger partial charge on any atom is 0.259 e. The van der Waals surface area contributed by atoms with Crippen LogP contribution >= 0.6 is 0 Å². The minimum atomic E-state index is 0.0953. The number of anilines is 3. The van der Waals surface area contributed by atoms with Crippen LogP contribution in [0.3, 0.4) is 0 Å². The highest BCUT2D eigenvalue weighted by Crippen LogP contribution is 2.33. The van der Waals surface area contributed by atoms with Crippen molar-refractivity contribution >= 4 is 23.4 Å². The minimum Gasteiger partial charge on any atom is -0.372 e. The molecule has 1 aromatic heterocycles. The van der Waals surface area contributed by atoms with Gasteiger partial charge in [0.2, 0.25) is 5.95 Å². The van der Waals surface area contributed by atoms with Gasteiger partial charge in [0.15, 0.2) is 0 Å². The fourth-order valence-electron chi connectivity index (χ4n) is 5.28. The maximum absolute atomic E-state index is 13.5. The van der Waals surface area contributed by atoms with Crippen LogP contribution in [0.15, 0.2) is 36.5 Å². The summed E-state index contributed by atoms with van der Waals surface area (Å²) in [5.41, 5.74) is 1.96. The molecule has 0 spiro atoms. The highest BCUT2D eigenvalue weighted by Gasteiger charge is 2.37. The third-order valence-electron chi connectivity index (χ3n) is 6.92. The average Bonchev–Trinajstić information content (AvgIpc) is 3.24. The Bertz CT molecular complexity index is 912. The van der Waals surface area contributed by atoms with E-state index >= 15 is 0 Å². The van der Waals surface area contributed by atoms with Crippen molar-refractivity contribution in [1.29, 1.82) is 0 Å². The Hall–Kier alpha value is -2.83. The van der Waals surface area contributed by atoms with Crippen molar-refractivity contribution in [3.63, 3.8) is 0 Å². The first kappa shape index (κ1) is 20.1. The van der Waals surface area contributed by atoms with Crippen LogP contribution in [0.1, 0.15) is 43.0 Å². The first-order valence-corrected chi connectivity index (χ1v) is 11.7. The second kappa shape index (κ2) is 8.73. The number of fused-ring (bicyclic) bond motifs is 3. The van der Waals surface area contributed by atoms with E-state index in [1.54, 1.807) is 6.20 Å². The number of amides is 1. The third-order valence-corrected chi connectivity index (χ3v) is 6.92. The van der Waals surface area contributed by atoms with Gasteiger partial charge in [0.05, 0.1) is 0 Å². The largest absolute Gasteiger partial charge is 0.372 e. The minimum absolute atomic E-state index is 0.0953. The molecule has 7 heteroatoms. The van der Waals surface area contributed by atoms with Crippen LogP contribution in [0.5, 0.6) is 0 Å². The van der Waals surface area contributed by atoms with Gasteiger partial charge in [0.1, 0.15) is 11.4 Å². The zero-order valence-corrected chi connectivity index (χ0v) is 18.3. The molecule has 3 aliphatic rings. The van der Waals surface area contributed by atoms with Gasteiger partial charge in [-0.2, -0.15) is 4.98 Å². The van der Waals surface area contributed by atoms with E-state index in [9.17, 15) is 4.79 Å². The van der Waals surface area contributed by atoms with Crippen LogP contribution < -0.4 is 15.1 Å². The van der Waals surface area contributed by atoms with Crippen molar-refractivity contribution in [1.82, 2.24) is 14.9 Å². The second-order valence-corrected chi connectivity index (χ2v) is 8.93. The molecule has 0 bridgehead atoms. The van der Waals surface area contributed by atoms with Gasteiger partial charge in [-0.1, -0.05) is 18.2 Å². The molecular formula is C24H32N6O. The smallest absolute Gasteiger partial charge is 0.259 e. The van der Waals surface area contributed by atoms with Gasteiger partial charge in [-0.3, -0.25) is 4.79 Å². The number of benzene rings is 1. The van der Waals surface area contributed by atoms with Crippen molar-refractivity contribution in [2.45, 2.75) is 38.6 Å². The Morgan fingerprint density at radius 1 is 1.10 bits per heavy atom. The zero-order chi connectivity index (χ0) is 21.2. The number of rotatable bonds is 5. The number of aromatic nitrogens is 2. The monoisotopic (exact) mass is 420 g/mol. The van der Waals surface area contributed by atoms with Crippen LogP contribution in [0.4, 0.5) is 17.5 Å². The lowest BCUT2D eigenvalue weighted by Gasteiger charge is -2.36. The number of para-hydroxylation sites is 1. The molecule has 2 saturated heterocycles. The summed E-state index contributed by atoms with van der Waals surface area (Å²) in [7, 11) is 0. The highest BCUT2D eigenvalue weighted by molar-refractivity contribution is 5.99. The van der Waals surface area contributed by atoms with Crippen LogP contribution in [0.25, 0.3) is 0 Å². The Morgan fingerprint density at radius 2 is 1.90 bits per heavy atom. The van der Waals surface area contributed by atoms with Gasteiger partial charge >= 0.3 is 0 Å². The highest BCUT2D eigenvalue weighted by atomic mass is 16.2. The SMILES string of the molecule is CCNc1ncc2c(n1)N1CCCC1CN(CC1CCN(c3ccccc3)CC1)C2=O. The number of carbonyl (C=O) groups is 1. The lowest BCUT2D eigenvalue weighted by atomic mass is 9.95. The summed E-state index contributed by atoms with van der Waals surface area (Å²) >= 11 is 0. The average molecular weight is 421 g/mol. The molecule has 3 aliphatic heterocycles. The molecule has 5 rings (SSSR count). The van der Waals surface area contributed by atoms with Gasteiger partial charge in [0.25, 0.3) is 5.91 Å². The van der Waals surface area contributed by atoms with Crippen molar-refractivity contribution in [3.05, 3.63) is 42.1 Å². The van der Waals surface area contributed by atoms with E-state index < -0.39 is 0 Å². The van der Waals surface area contributed by atoms with Gasteiger partial charge in [0, 0.05) is 57.2 Å². The summed E-state index contributed by atoms with van der Waals surface area (Å²) in [5.74, 6) is 2.07. The molecule has 31 heavy (non-hydrogen) atoms. The Balaban J connectivity index is 1.31. The van der Waals surface area contributed by atoms with E-state index in [1.165, 1.54) is 5.69 Å². The number of piperidine rings is 1. The molecule has 2 aromatic rings. The zero-order valence-electron chi connectivity index (χ0n) is 18.3. The second-order valence-electron chi connectivity index (χ2n) is 8.93. The predicted octanol–water partition coefficient (Wildman–Crippen LogP) is 3.25. The van der Waals surface area contributed by atoms with E-state index in [1.807, 2.05) is 6.92 Å². The Kier molecular flexibility index (Phi) is 5.66. The van der Waals surface area contributed by atoms with Crippen molar-refractivity contribution < 1.29 is 4.79 Å². The molecule has 1 atom stereocenters. The van der Waals surface area contributed by atoms with Gasteiger partial charge in [-0.25, -0.2) is 4.98 Å². The quantitative estimate of drug-likeness (QED) is 0.801. The van der Waals surface area contributed by atoms with Crippen LogP contribution in [-0.4, -0.2) is 66.1 Å². The summed E-state index contributed by atoms with van der Waals surface area (Å²) < 4.78 is 0. The normalized spacial score (nSPS) is 21.6. The fraction of sp³-hybridized carbons (Fsp3) is 0.542. The summed E-state index contributed by atoms with van der Waals surface area (Å²) in [6, 6.07) is 11.0. The van der Waals surface area contributed by atoms with Crippen LogP contribution in [0.2, 0.25) is 0 Å². The van der Waals surface area contributed by atoms with Crippen molar-refractivity contribution in [3.8, 4) is 0 Å². The number of hydrogen-bond donors (Lipinski definition) is 1. The molecule has 0 aliphatic carbocycles. The van der Waals surface area contributed by atoms with Gasteiger partial charge < -0.3 is 20.0 Å². The van der Waals surface area contributed by atoms with E-state index in [2.05, 4.69) is 55.3 Å². The summed E-state index contributed by atoms with van der Waals surface area (Å²) in [6.45, 7) is 7.51. The first-order chi connectivity index (χ1) is 15.2.